The number of carbonyl (C=O) groups is 1. The Labute approximate surface area is 187 Å². The lowest BCUT2D eigenvalue weighted by molar-refractivity contribution is -0.119. The van der Waals surface area contributed by atoms with Gasteiger partial charge in [-0.15, -0.1) is 23.1 Å². The zero-order chi connectivity index (χ0) is 21.5. The molecule has 5 rings (SSSR count). The molecule has 2 N–H and O–H groups in total. The Morgan fingerprint density at radius 1 is 1.32 bits per heavy atom. The van der Waals surface area contributed by atoms with Crippen molar-refractivity contribution in [1.29, 1.82) is 0 Å². The Hall–Kier alpha value is -2.20. The quantitative estimate of drug-likeness (QED) is 0.530. The molecule has 1 saturated carbocycles. The number of carbonyl (C=O) groups excluding carboxylic acids is 1. The van der Waals surface area contributed by atoms with Gasteiger partial charge >= 0.3 is 0 Å². The Morgan fingerprint density at radius 3 is 2.94 bits per heavy atom. The summed E-state index contributed by atoms with van der Waals surface area (Å²) >= 11 is 3.05. The highest BCUT2D eigenvalue weighted by Crippen LogP contribution is 2.39. The molecule has 10 heteroatoms. The van der Waals surface area contributed by atoms with Crippen LogP contribution in [0.2, 0.25) is 0 Å². The third kappa shape index (κ3) is 4.27. The van der Waals surface area contributed by atoms with Gasteiger partial charge in [0.2, 0.25) is 11.8 Å². The first-order valence-corrected chi connectivity index (χ1v) is 12.7. The fraction of sp³-hybridized carbons (Fsp3) is 0.571. The van der Waals surface area contributed by atoms with E-state index in [0.717, 1.165) is 48.1 Å². The first-order chi connectivity index (χ1) is 15.0. The standard InChI is InChI=1S/C21H25N5O3S2/c1-10(2)17(20-25-18(26-29-20)11-6-7-11)24-15(27)9-30-8-14-22-19(28)16-12-4-3-5-13(12)31-21(16)23-14/h10-11,17H,3-9H2,1-2H3,(H,24,27)(H,22,23,28). The van der Waals surface area contributed by atoms with E-state index in [1.807, 2.05) is 13.8 Å². The molecule has 0 spiro atoms. The van der Waals surface area contributed by atoms with E-state index in [2.05, 4.69) is 25.4 Å². The number of H-pyrrole nitrogens is 1. The van der Waals surface area contributed by atoms with Crippen LogP contribution >= 0.6 is 23.1 Å². The van der Waals surface area contributed by atoms with Crippen LogP contribution in [0, 0.1) is 5.92 Å². The van der Waals surface area contributed by atoms with Gasteiger partial charge in [0.15, 0.2) is 5.82 Å². The smallest absolute Gasteiger partial charge is 0.259 e. The van der Waals surface area contributed by atoms with Crippen LogP contribution in [-0.4, -0.2) is 31.8 Å². The number of rotatable bonds is 8. The molecule has 0 saturated heterocycles. The highest BCUT2D eigenvalue weighted by Gasteiger charge is 2.31. The number of aryl methyl sites for hydroxylation is 2. The maximum Gasteiger partial charge on any atom is 0.259 e. The van der Waals surface area contributed by atoms with Crippen LogP contribution in [-0.2, 0) is 23.4 Å². The molecule has 3 aromatic heterocycles. The van der Waals surface area contributed by atoms with Crippen molar-refractivity contribution < 1.29 is 9.32 Å². The molecular formula is C21H25N5O3S2. The highest BCUT2D eigenvalue weighted by molar-refractivity contribution is 7.99. The molecule has 1 unspecified atom stereocenters. The summed E-state index contributed by atoms with van der Waals surface area (Å²) in [7, 11) is 0. The molecule has 2 aliphatic carbocycles. The number of hydrogen-bond donors (Lipinski definition) is 2. The summed E-state index contributed by atoms with van der Waals surface area (Å²) in [6.45, 7) is 4.03. The number of hydrogen-bond acceptors (Lipinski definition) is 8. The van der Waals surface area contributed by atoms with E-state index in [9.17, 15) is 9.59 Å². The van der Waals surface area contributed by atoms with E-state index in [0.29, 0.717) is 23.4 Å². The minimum absolute atomic E-state index is 0.0628. The molecule has 0 aliphatic heterocycles. The number of nitrogens with zero attached hydrogens (tertiary/aromatic N) is 3. The van der Waals surface area contributed by atoms with Crippen LogP contribution < -0.4 is 10.9 Å². The van der Waals surface area contributed by atoms with Gasteiger partial charge in [-0.05, 0) is 43.6 Å². The van der Waals surface area contributed by atoms with Crippen molar-refractivity contribution in [2.75, 3.05) is 5.75 Å². The maximum absolute atomic E-state index is 12.5. The Morgan fingerprint density at radius 2 is 2.16 bits per heavy atom. The Bertz CT molecular complexity index is 1180. The highest BCUT2D eigenvalue weighted by atomic mass is 32.2. The number of thiophene rings is 1. The fourth-order valence-corrected chi connectivity index (χ4v) is 5.95. The third-order valence-electron chi connectivity index (χ3n) is 5.75. The van der Waals surface area contributed by atoms with Gasteiger partial charge in [0.1, 0.15) is 16.7 Å². The maximum atomic E-state index is 12.5. The number of amides is 1. The van der Waals surface area contributed by atoms with Crippen molar-refractivity contribution in [3.05, 3.63) is 38.3 Å². The van der Waals surface area contributed by atoms with Gasteiger partial charge in [-0.1, -0.05) is 19.0 Å². The van der Waals surface area contributed by atoms with E-state index < -0.39 is 0 Å². The minimum Gasteiger partial charge on any atom is -0.343 e. The van der Waals surface area contributed by atoms with Gasteiger partial charge in [0.05, 0.1) is 16.9 Å². The largest absolute Gasteiger partial charge is 0.343 e. The second-order valence-electron chi connectivity index (χ2n) is 8.60. The van der Waals surface area contributed by atoms with Gasteiger partial charge in [-0.2, -0.15) is 4.98 Å². The van der Waals surface area contributed by atoms with E-state index in [-0.39, 0.29) is 29.2 Å². The average molecular weight is 460 g/mol. The van der Waals surface area contributed by atoms with Crippen molar-refractivity contribution >= 4 is 39.2 Å². The summed E-state index contributed by atoms with van der Waals surface area (Å²) in [6, 6.07) is -0.309. The first-order valence-electron chi connectivity index (χ1n) is 10.7. The monoisotopic (exact) mass is 459 g/mol. The van der Waals surface area contributed by atoms with Crippen LogP contribution in [0.25, 0.3) is 10.2 Å². The molecule has 31 heavy (non-hydrogen) atoms. The van der Waals surface area contributed by atoms with Crippen LogP contribution in [0.5, 0.6) is 0 Å². The van der Waals surface area contributed by atoms with E-state index in [1.165, 1.54) is 22.2 Å². The van der Waals surface area contributed by atoms with E-state index >= 15 is 0 Å². The lowest BCUT2D eigenvalue weighted by Crippen LogP contribution is -2.33. The van der Waals surface area contributed by atoms with Gasteiger partial charge in [0.25, 0.3) is 5.56 Å². The van der Waals surface area contributed by atoms with Crippen molar-refractivity contribution in [3.63, 3.8) is 0 Å². The topological polar surface area (TPSA) is 114 Å². The van der Waals surface area contributed by atoms with E-state index in [1.54, 1.807) is 11.3 Å². The molecule has 3 heterocycles. The molecular weight excluding hydrogens is 434 g/mol. The summed E-state index contributed by atoms with van der Waals surface area (Å²) in [5, 5.41) is 7.83. The molecule has 1 amide bonds. The molecule has 1 atom stereocenters. The minimum atomic E-state index is -0.309. The van der Waals surface area contributed by atoms with Crippen LogP contribution in [0.15, 0.2) is 9.32 Å². The predicted octanol–water partition coefficient (Wildman–Crippen LogP) is 3.48. The number of fused-ring (bicyclic) bond motifs is 3. The first kappa shape index (κ1) is 20.7. The number of aromatic nitrogens is 4. The zero-order valence-corrected chi connectivity index (χ0v) is 19.2. The Balaban J connectivity index is 1.19. The van der Waals surface area contributed by atoms with Crippen molar-refractivity contribution in [3.8, 4) is 0 Å². The van der Waals surface area contributed by atoms with Crippen LogP contribution in [0.4, 0.5) is 0 Å². The molecule has 0 bridgehead atoms. The molecule has 8 nitrogen and oxygen atoms in total. The summed E-state index contributed by atoms with van der Waals surface area (Å²) in [6.07, 6.45) is 5.33. The predicted molar refractivity (Wildman–Crippen MR) is 120 cm³/mol. The molecule has 0 aromatic carbocycles. The summed E-state index contributed by atoms with van der Waals surface area (Å²) in [5.41, 5.74) is 1.12. The molecule has 2 aliphatic rings. The van der Waals surface area contributed by atoms with Crippen LogP contribution in [0.1, 0.15) is 73.0 Å². The molecule has 164 valence electrons. The molecule has 1 fully saturated rings. The van der Waals surface area contributed by atoms with Crippen molar-refractivity contribution in [2.45, 2.75) is 63.7 Å². The fourth-order valence-electron chi connectivity index (χ4n) is 3.97. The zero-order valence-electron chi connectivity index (χ0n) is 17.6. The van der Waals surface area contributed by atoms with Crippen molar-refractivity contribution in [2.24, 2.45) is 5.92 Å². The van der Waals surface area contributed by atoms with E-state index in [4.69, 9.17) is 4.52 Å². The van der Waals surface area contributed by atoms with Crippen molar-refractivity contribution in [1.82, 2.24) is 25.4 Å². The van der Waals surface area contributed by atoms with Gasteiger partial charge in [-0.3, -0.25) is 9.59 Å². The van der Waals surface area contributed by atoms with Gasteiger partial charge < -0.3 is 14.8 Å². The average Bonchev–Trinajstić information content (AvgIpc) is 3.12. The number of aromatic amines is 1. The Kier molecular flexibility index (Phi) is 5.60. The molecule has 0 radical (unpaired) electrons. The summed E-state index contributed by atoms with van der Waals surface area (Å²) < 4.78 is 5.41. The normalized spacial score (nSPS) is 16.7. The van der Waals surface area contributed by atoms with Gasteiger partial charge in [0, 0.05) is 10.8 Å². The number of thioether (sulfide) groups is 1. The lowest BCUT2D eigenvalue weighted by atomic mass is 10.0. The SMILES string of the molecule is CC(C)C(NC(=O)CSCc1nc2sc3c(c2c(=O)[nH]1)CCC3)c1nc(C2CC2)no1. The molecule has 3 aromatic rings. The number of nitrogens with one attached hydrogen (secondary N) is 2. The second kappa shape index (κ2) is 8.38. The van der Waals surface area contributed by atoms with Crippen LogP contribution in [0.3, 0.4) is 0 Å². The van der Waals surface area contributed by atoms with Gasteiger partial charge in [-0.25, -0.2) is 4.98 Å². The lowest BCUT2D eigenvalue weighted by Gasteiger charge is -2.18. The second-order valence-corrected chi connectivity index (χ2v) is 10.7. The summed E-state index contributed by atoms with van der Waals surface area (Å²) in [5.74, 6) is 2.99. The summed E-state index contributed by atoms with van der Waals surface area (Å²) in [4.78, 5) is 39.2. The third-order valence-corrected chi connectivity index (χ3v) is 7.87.